The van der Waals surface area contributed by atoms with Gasteiger partial charge in [0.25, 0.3) is 0 Å². The first-order valence-corrected chi connectivity index (χ1v) is 8.62. The zero-order chi connectivity index (χ0) is 18.1. The molecule has 1 aromatic rings. The van der Waals surface area contributed by atoms with Gasteiger partial charge in [0.05, 0.1) is 6.42 Å². The number of nitrogens with zero attached hydrogens (tertiary/aromatic N) is 1. The molecule has 0 aliphatic carbocycles. The third-order valence-electron chi connectivity index (χ3n) is 4.16. The number of amides is 3. The summed E-state index contributed by atoms with van der Waals surface area (Å²) in [6.07, 6.45) is 2.48. The van der Waals surface area contributed by atoms with E-state index >= 15 is 0 Å². The standard InChI is InChI=1S/C18H25N3O4/c22-16(12-14-6-2-1-3-7-14)21-11-5-8-15(13-21)20-18(25)19-10-4-9-17(23)24/h1-3,6-7,15H,4-5,8-13H2,(H,23,24)(H2,19,20,25). The molecule has 2 rings (SSSR count). The maximum atomic E-state index is 12.4. The van der Waals surface area contributed by atoms with Crippen LogP contribution in [0.5, 0.6) is 0 Å². The maximum absolute atomic E-state index is 12.4. The van der Waals surface area contributed by atoms with Crippen molar-refractivity contribution in [2.24, 2.45) is 0 Å². The fourth-order valence-electron chi connectivity index (χ4n) is 2.88. The molecule has 7 heteroatoms. The highest BCUT2D eigenvalue weighted by atomic mass is 16.4. The van der Waals surface area contributed by atoms with Gasteiger partial charge >= 0.3 is 12.0 Å². The zero-order valence-electron chi connectivity index (χ0n) is 14.2. The van der Waals surface area contributed by atoms with Crippen molar-refractivity contribution in [3.63, 3.8) is 0 Å². The van der Waals surface area contributed by atoms with E-state index in [1.807, 2.05) is 30.3 Å². The van der Waals surface area contributed by atoms with Gasteiger partial charge in [0.15, 0.2) is 0 Å². The molecular weight excluding hydrogens is 322 g/mol. The molecular formula is C18H25N3O4. The van der Waals surface area contributed by atoms with Crippen LogP contribution < -0.4 is 10.6 Å². The highest BCUT2D eigenvalue weighted by Gasteiger charge is 2.24. The molecule has 0 radical (unpaired) electrons. The fraction of sp³-hybridized carbons (Fsp3) is 0.500. The third kappa shape index (κ3) is 6.82. The van der Waals surface area contributed by atoms with E-state index in [1.54, 1.807) is 4.90 Å². The van der Waals surface area contributed by atoms with Crippen LogP contribution in [0.15, 0.2) is 30.3 Å². The van der Waals surface area contributed by atoms with Gasteiger partial charge in [-0.1, -0.05) is 30.3 Å². The molecule has 3 amide bonds. The first-order valence-electron chi connectivity index (χ1n) is 8.62. The van der Waals surface area contributed by atoms with Crippen LogP contribution in [0.25, 0.3) is 0 Å². The second kappa shape index (κ2) is 9.66. The number of urea groups is 1. The van der Waals surface area contributed by atoms with Crippen LogP contribution >= 0.6 is 0 Å². The Bertz CT molecular complexity index is 591. The minimum absolute atomic E-state index is 0.0332. The number of hydrogen-bond acceptors (Lipinski definition) is 3. The molecule has 25 heavy (non-hydrogen) atoms. The number of nitrogens with one attached hydrogen (secondary N) is 2. The SMILES string of the molecule is O=C(O)CCCNC(=O)NC1CCCN(C(=O)Cc2ccccc2)C1. The third-order valence-corrected chi connectivity index (χ3v) is 4.16. The minimum Gasteiger partial charge on any atom is -0.481 e. The normalized spacial score (nSPS) is 17.0. The quantitative estimate of drug-likeness (QED) is 0.649. The summed E-state index contributed by atoms with van der Waals surface area (Å²) in [7, 11) is 0. The Morgan fingerprint density at radius 3 is 2.68 bits per heavy atom. The Labute approximate surface area is 147 Å². The summed E-state index contributed by atoms with van der Waals surface area (Å²) in [5, 5.41) is 14.1. The van der Waals surface area contributed by atoms with Crippen molar-refractivity contribution in [2.45, 2.75) is 38.1 Å². The molecule has 1 aliphatic rings. The summed E-state index contributed by atoms with van der Waals surface area (Å²) in [5.74, 6) is -0.804. The molecule has 1 unspecified atom stereocenters. The molecule has 1 saturated heterocycles. The van der Waals surface area contributed by atoms with Crippen molar-refractivity contribution in [1.29, 1.82) is 0 Å². The summed E-state index contributed by atoms with van der Waals surface area (Å²) in [6, 6.07) is 9.23. The van der Waals surface area contributed by atoms with Crippen LogP contribution in [-0.4, -0.2) is 53.6 Å². The zero-order valence-corrected chi connectivity index (χ0v) is 14.2. The molecule has 0 aromatic heterocycles. The van der Waals surface area contributed by atoms with E-state index < -0.39 is 5.97 Å². The van der Waals surface area contributed by atoms with Gasteiger partial charge in [-0.25, -0.2) is 4.79 Å². The first-order chi connectivity index (χ1) is 12.0. The molecule has 0 saturated carbocycles. The van der Waals surface area contributed by atoms with E-state index in [1.165, 1.54) is 0 Å². The van der Waals surface area contributed by atoms with Crippen LogP contribution in [0.1, 0.15) is 31.2 Å². The lowest BCUT2D eigenvalue weighted by atomic mass is 10.0. The average molecular weight is 347 g/mol. The van der Waals surface area contributed by atoms with Crippen molar-refractivity contribution in [3.8, 4) is 0 Å². The molecule has 3 N–H and O–H groups in total. The summed E-state index contributed by atoms with van der Waals surface area (Å²) in [4.78, 5) is 36.5. The number of aliphatic carboxylic acids is 1. The number of hydrogen-bond donors (Lipinski definition) is 3. The van der Waals surface area contributed by atoms with Crippen LogP contribution in [-0.2, 0) is 16.0 Å². The van der Waals surface area contributed by atoms with E-state index in [0.29, 0.717) is 32.5 Å². The van der Waals surface area contributed by atoms with Crippen LogP contribution in [0.2, 0.25) is 0 Å². The Kier molecular flexibility index (Phi) is 7.25. The monoisotopic (exact) mass is 347 g/mol. The number of carboxylic acids is 1. The lowest BCUT2D eigenvalue weighted by Crippen LogP contribution is -2.52. The number of rotatable bonds is 7. The predicted octanol–water partition coefficient (Wildman–Crippen LogP) is 1.38. The smallest absolute Gasteiger partial charge is 0.315 e. The van der Waals surface area contributed by atoms with Gasteiger partial charge in [-0.05, 0) is 24.8 Å². The van der Waals surface area contributed by atoms with E-state index in [9.17, 15) is 14.4 Å². The van der Waals surface area contributed by atoms with Crippen LogP contribution in [0, 0.1) is 0 Å². The van der Waals surface area contributed by atoms with E-state index in [4.69, 9.17) is 5.11 Å². The van der Waals surface area contributed by atoms with Gasteiger partial charge in [0, 0.05) is 32.1 Å². The number of benzene rings is 1. The van der Waals surface area contributed by atoms with Crippen molar-refractivity contribution in [1.82, 2.24) is 15.5 Å². The highest BCUT2D eigenvalue weighted by molar-refractivity contribution is 5.79. The molecule has 1 aromatic carbocycles. The summed E-state index contributed by atoms with van der Waals surface area (Å²) in [5.41, 5.74) is 0.985. The van der Waals surface area contributed by atoms with Gasteiger partial charge in [-0.3, -0.25) is 9.59 Å². The van der Waals surface area contributed by atoms with Crippen LogP contribution in [0.3, 0.4) is 0 Å². The summed E-state index contributed by atoms with van der Waals surface area (Å²) < 4.78 is 0. The number of carboxylic acid groups (broad SMARTS) is 1. The molecule has 0 spiro atoms. The Morgan fingerprint density at radius 1 is 1.20 bits per heavy atom. The van der Waals surface area contributed by atoms with Crippen molar-refractivity contribution in [2.75, 3.05) is 19.6 Å². The molecule has 136 valence electrons. The number of carbonyl (C=O) groups excluding carboxylic acids is 2. The van der Waals surface area contributed by atoms with Crippen LogP contribution in [0.4, 0.5) is 4.79 Å². The van der Waals surface area contributed by atoms with Gasteiger partial charge in [-0.2, -0.15) is 0 Å². The highest BCUT2D eigenvalue weighted by Crippen LogP contribution is 2.12. The van der Waals surface area contributed by atoms with Crippen molar-refractivity contribution >= 4 is 17.9 Å². The van der Waals surface area contributed by atoms with E-state index in [2.05, 4.69) is 10.6 Å². The number of carbonyl (C=O) groups is 3. The van der Waals surface area contributed by atoms with Gasteiger partial charge < -0.3 is 20.6 Å². The minimum atomic E-state index is -0.873. The average Bonchev–Trinajstić information content (AvgIpc) is 2.60. The number of likely N-dealkylation sites (tertiary alicyclic amines) is 1. The molecule has 1 atom stereocenters. The molecule has 1 heterocycles. The van der Waals surface area contributed by atoms with Gasteiger partial charge in [-0.15, -0.1) is 0 Å². The van der Waals surface area contributed by atoms with Gasteiger partial charge in [0.2, 0.25) is 5.91 Å². The number of piperidine rings is 1. The molecule has 0 bridgehead atoms. The lowest BCUT2D eigenvalue weighted by Gasteiger charge is -2.33. The lowest BCUT2D eigenvalue weighted by molar-refractivity contribution is -0.137. The second-order valence-electron chi connectivity index (χ2n) is 6.24. The topological polar surface area (TPSA) is 98.7 Å². The molecule has 7 nitrogen and oxygen atoms in total. The summed E-state index contributed by atoms with van der Waals surface area (Å²) in [6.45, 7) is 1.54. The van der Waals surface area contributed by atoms with Gasteiger partial charge in [0.1, 0.15) is 0 Å². The molecule has 1 aliphatic heterocycles. The van der Waals surface area contributed by atoms with Crippen molar-refractivity contribution in [3.05, 3.63) is 35.9 Å². The second-order valence-corrected chi connectivity index (χ2v) is 6.24. The predicted molar refractivity (Wildman–Crippen MR) is 93.2 cm³/mol. The Hall–Kier alpha value is -2.57. The maximum Gasteiger partial charge on any atom is 0.315 e. The Morgan fingerprint density at radius 2 is 1.96 bits per heavy atom. The Balaban J connectivity index is 1.73. The molecule has 1 fully saturated rings. The van der Waals surface area contributed by atoms with Crippen molar-refractivity contribution < 1.29 is 19.5 Å². The fourth-order valence-corrected chi connectivity index (χ4v) is 2.88. The van der Waals surface area contributed by atoms with E-state index in [-0.39, 0.29) is 24.4 Å². The summed E-state index contributed by atoms with van der Waals surface area (Å²) >= 11 is 0. The first kappa shape index (κ1) is 18.8. The van der Waals surface area contributed by atoms with E-state index in [0.717, 1.165) is 18.4 Å². The largest absolute Gasteiger partial charge is 0.481 e.